The van der Waals surface area contributed by atoms with Gasteiger partial charge >= 0.3 is 0 Å². The highest BCUT2D eigenvalue weighted by Gasteiger charge is 2.20. The van der Waals surface area contributed by atoms with Crippen LogP contribution in [-0.4, -0.2) is 57.8 Å². The Balaban J connectivity index is 2.01. The summed E-state index contributed by atoms with van der Waals surface area (Å²) < 4.78 is 0. The predicted molar refractivity (Wildman–Crippen MR) is 84.0 cm³/mol. The highest BCUT2D eigenvalue weighted by atomic mass is 32.1. The molecule has 1 aromatic heterocycles. The van der Waals surface area contributed by atoms with Gasteiger partial charge in [0.15, 0.2) is 0 Å². The Hall–Kier alpha value is -1.34. The fourth-order valence-electron chi connectivity index (χ4n) is 2.39. The monoisotopic (exact) mass is 294 g/mol. The lowest BCUT2D eigenvalue weighted by molar-refractivity contribution is 0.290. The van der Waals surface area contributed by atoms with Crippen LogP contribution in [-0.2, 0) is 12.8 Å². The van der Waals surface area contributed by atoms with Crippen molar-refractivity contribution in [1.29, 1.82) is 0 Å². The van der Waals surface area contributed by atoms with Gasteiger partial charge in [-0.15, -0.1) is 5.10 Å². The number of thiocarbonyl (C=S) groups is 1. The molecule has 0 spiro atoms. The molecule has 2 rings (SSSR count). The first-order valence-electron chi connectivity index (χ1n) is 7.12. The second-order valence-electron chi connectivity index (χ2n) is 4.94. The van der Waals surface area contributed by atoms with Crippen molar-refractivity contribution in [2.24, 2.45) is 5.73 Å². The molecule has 6 nitrogen and oxygen atoms in total. The van der Waals surface area contributed by atoms with Crippen molar-refractivity contribution in [3.8, 4) is 0 Å². The van der Waals surface area contributed by atoms with Gasteiger partial charge in [-0.1, -0.05) is 26.1 Å². The van der Waals surface area contributed by atoms with E-state index in [0.717, 1.165) is 56.4 Å². The second-order valence-corrected chi connectivity index (χ2v) is 5.47. The van der Waals surface area contributed by atoms with Gasteiger partial charge in [0.05, 0.1) is 16.4 Å². The highest BCUT2D eigenvalue weighted by molar-refractivity contribution is 7.80. The topological polar surface area (TPSA) is 71.2 Å². The van der Waals surface area contributed by atoms with E-state index in [4.69, 9.17) is 18.0 Å². The molecule has 2 heterocycles. The Morgan fingerprint density at radius 1 is 1.10 bits per heavy atom. The van der Waals surface area contributed by atoms with Crippen LogP contribution in [0.4, 0.5) is 5.95 Å². The summed E-state index contributed by atoms with van der Waals surface area (Å²) in [5.74, 6) is 0.744. The summed E-state index contributed by atoms with van der Waals surface area (Å²) in [7, 11) is 0. The maximum absolute atomic E-state index is 5.58. The average Bonchev–Trinajstić information content (AvgIpc) is 2.46. The highest BCUT2D eigenvalue weighted by Crippen LogP contribution is 2.13. The second kappa shape index (κ2) is 6.90. The summed E-state index contributed by atoms with van der Waals surface area (Å²) in [6.07, 6.45) is 1.78. The molecule has 0 saturated carbocycles. The van der Waals surface area contributed by atoms with Gasteiger partial charge in [0.2, 0.25) is 5.95 Å². The van der Waals surface area contributed by atoms with Gasteiger partial charge in [-0.25, -0.2) is 4.98 Å². The lowest BCUT2D eigenvalue weighted by Gasteiger charge is -2.34. The molecule has 0 amide bonds. The van der Waals surface area contributed by atoms with Gasteiger partial charge in [0, 0.05) is 32.7 Å². The summed E-state index contributed by atoms with van der Waals surface area (Å²) in [6.45, 7) is 8.51. The number of anilines is 1. The van der Waals surface area contributed by atoms with Gasteiger partial charge in [-0.3, -0.25) is 4.90 Å². The lowest BCUT2D eigenvalue weighted by atomic mass is 10.2. The van der Waals surface area contributed by atoms with E-state index in [0.29, 0.717) is 11.5 Å². The molecule has 0 atom stereocenters. The third-order valence-corrected chi connectivity index (χ3v) is 3.66. The van der Waals surface area contributed by atoms with Crippen LogP contribution in [0.3, 0.4) is 0 Å². The normalized spacial score (nSPS) is 16.4. The lowest BCUT2D eigenvalue weighted by Crippen LogP contribution is -2.49. The third kappa shape index (κ3) is 3.61. The Labute approximate surface area is 125 Å². The molecule has 0 aromatic carbocycles. The molecule has 0 aliphatic carbocycles. The summed E-state index contributed by atoms with van der Waals surface area (Å²) in [4.78, 5) is 9.65. The van der Waals surface area contributed by atoms with Gasteiger partial charge < -0.3 is 10.6 Å². The Kier molecular flexibility index (Phi) is 5.19. The number of hydrogen-bond donors (Lipinski definition) is 1. The van der Waals surface area contributed by atoms with E-state index in [2.05, 4.69) is 38.8 Å². The number of aromatic nitrogens is 3. The van der Waals surface area contributed by atoms with Gasteiger partial charge in [-0.2, -0.15) is 5.10 Å². The van der Waals surface area contributed by atoms with Crippen molar-refractivity contribution in [3.63, 3.8) is 0 Å². The van der Waals surface area contributed by atoms with E-state index >= 15 is 0 Å². The van der Waals surface area contributed by atoms with Gasteiger partial charge in [0.1, 0.15) is 0 Å². The molecule has 2 N–H and O–H groups in total. The first-order chi connectivity index (χ1) is 9.63. The van der Waals surface area contributed by atoms with E-state index in [1.54, 1.807) is 0 Å². The minimum atomic E-state index is 0.553. The Morgan fingerprint density at radius 3 is 2.30 bits per heavy atom. The summed E-state index contributed by atoms with van der Waals surface area (Å²) in [5.41, 5.74) is 7.64. The van der Waals surface area contributed by atoms with Crippen molar-refractivity contribution in [2.45, 2.75) is 26.7 Å². The van der Waals surface area contributed by atoms with E-state index in [-0.39, 0.29) is 0 Å². The van der Waals surface area contributed by atoms with E-state index in [9.17, 15) is 0 Å². The fourth-order valence-corrected chi connectivity index (χ4v) is 2.57. The average molecular weight is 294 g/mol. The van der Waals surface area contributed by atoms with Crippen LogP contribution >= 0.6 is 12.2 Å². The molecule has 1 aromatic rings. The van der Waals surface area contributed by atoms with Gasteiger partial charge in [0.25, 0.3) is 0 Å². The molecule has 1 aliphatic heterocycles. The maximum Gasteiger partial charge on any atom is 0.245 e. The molecule has 7 heteroatoms. The molecule has 1 aliphatic rings. The standard InChI is InChI=1S/C13H22N6S/c1-3-10-11(4-2)16-17-13(15-10)19-7-5-18(6-8-19)9-12(14)20/h3-9H2,1-2H3,(H2,14,20). The first-order valence-corrected chi connectivity index (χ1v) is 7.53. The van der Waals surface area contributed by atoms with Crippen molar-refractivity contribution < 1.29 is 0 Å². The zero-order valence-electron chi connectivity index (χ0n) is 12.2. The number of nitrogens with zero attached hydrogens (tertiary/aromatic N) is 5. The predicted octanol–water partition coefficient (Wildman–Crippen LogP) is 0.405. The third-order valence-electron chi connectivity index (χ3n) is 3.53. The number of piperazine rings is 1. The Bertz CT molecular complexity index is 470. The van der Waals surface area contributed by atoms with Crippen LogP contribution in [0.2, 0.25) is 0 Å². The van der Waals surface area contributed by atoms with E-state index in [1.165, 1.54) is 0 Å². The zero-order chi connectivity index (χ0) is 14.5. The van der Waals surface area contributed by atoms with Crippen LogP contribution in [0.5, 0.6) is 0 Å². The van der Waals surface area contributed by atoms with Crippen molar-refractivity contribution in [1.82, 2.24) is 20.1 Å². The smallest absolute Gasteiger partial charge is 0.245 e. The Morgan fingerprint density at radius 2 is 1.75 bits per heavy atom. The molecular formula is C13H22N6S. The SMILES string of the molecule is CCc1nnc(N2CCN(CC(N)=S)CC2)nc1CC. The van der Waals surface area contributed by atoms with Crippen LogP contribution in [0.1, 0.15) is 25.2 Å². The first kappa shape index (κ1) is 15.1. The minimum Gasteiger partial charge on any atom is -0.392 e. The molecule has 0 radical (unpaired) electrons. The zero-order valence-corrected chi connectivity index (χ0v) is 13.0. The van der Waals surface area contributed by atoms with Crippen molar-refractivity contribution in [3.05, 3.63) is 11.4 Å². The fraction of sp³-hybridized carbons (Fsp3) is 0.692. The molecule has 110 valence electrons. The summed E-state index contributed by atoms with van der Waals surface area (Å²) in [6, 6.07) is 0. The number of aryl methyl sites for hydroxylation is 2. The minimum absolute atomic E-state index is 0.553. The molecule has 20 heavy (non-hydrogen) atoms. The quantitative estimate of drug-likeness (QED) is 0.788. The van der Waals surface area contributed by atoms with Crippen molar-refractivity contribution >= 4 is 23.2 Å². The summed E-state index contributed by atoms with van der Waals surface area (Å²) in [5, 5.41) is 8.57. The van der Waals surface area contributed by atoms with Crippen LogP contribution < -0.4 is 10.6 Å². The van der Waals surface area contributed by atoms with E-state index < -0.39 is 0 Å². The summed E-state index contributed by atoms with van der Waals surface area (Å²) >= 11 is 4.95. The van der Waals surface area contributed by atoms with Crippen molar-refractivity contribution in [2.75, 3.05) is 37.6 Å². The molecular weight excluding hydrogens is 272 g/mol. The molecule has 1 saturated heterocycles. The number of rotatable bonds is 5. The van der Waals surface area contributed by atoms with Gasteiger partial charge in [-0.05, 0) is 12.8 Å². The molecule has 1 fully saturated rings. The molecule has 0 unspecified atom stereocenters. The molecule has 0 bridgehead atoms. The van der Waals surface area contributed by atoms with E-state index in [1.807, 2.05) is 0 Å². The largest absolute Gasteiger partial charge is 0.392 e. The van der Waals surface area contributed by atoms with Crippen LogP contribution in [0.15, 0.2) is 0 Å². The van der Waals surface area contributed by atoms with Crippen LogP contribution in [0, 0.1) is 0 Å². The van der Waals surface area contributed by atoms with Crippen LogP contribution in [0.25, 0.3) is 0 Å². The number of nitrogens with two attached hydrogens (primary N) is 1. The number of hydrogen-bond acceptors (Lipinski definition) is 6. The maximum atomic E-state index is 5.58.